The third kappa shape index (κ3) is 4.69. The third-order valence-electron chi connectivity index (χ3n) is 4.23. The van der Waals surface area contributed by atoms with Crippen LogP contribution in [0.3, 0.4) is 0 Å². The zero-order chi connectivity index (χ0) is 18.5. The first-order valence-electron chi connectivity index (χ1n) is 8.51. The van der Waals surface area contributed by atoms with Crippen LogP contribution in [0.15, 0.2) is 54.6 Å². The van der Waals surface area contributed by atoms with E-state index in [4.69, 9.17) is 0 Å². The second-order valence-corrected chi connectivity index (χ2v) is 6.40. The highest BCUT2D eigenvalue weighted by molar-refractivity contribution is 5.99. The van der Waals surface area contributed by atoms with Gasteiger partial charge in [0.2, 0.25) is 5.91 Å². The lowest BCUT2D eigenvalue weighted by Gasteiger charge is -2.15. The molecule has 0 radical (unpaired) electrons. The molecular weight excluding hydrogens is 332 g/mol. The molecule has 0 aromatic heterocycles. The minimum Gasteiger partial charge on any atom is -0.480 e. The second-order valence-electron chi connectivity index (χ2n) is 6.40. The van der Waals surface area contributed by atoms with Crippen LogP contribution in [0.4, 0.5) is 5.69 Å². The van der Waals surface area contributed by atoms with E-state index in [0.29, 0.717) is 11.3 Å². The zero-order valence-corrected chi connectivity index (χ0v) is 14.1. The van der Waals surface area contributed by atoms with Crippen LogP contribution in [0.1, 0.15) is 28.8 Å². The van der Waals surface area contributed by atoms with E-state index in [1.807, 2.05) is 30.3 Å². The summed E-state index contributed by atoms with van der Waals surface area (Å²) < 4.78 is 0. The summed E-state index contributed by atoms with van der Waals surface area (Å²) in [4.78, 5) is 35.8. The van der Waals surface area contributed by atoms with Crippen molar-refractivity contribution in [1.82, 2.24) is 5.32 Å². The van der Waals surface area contributed by atoms with Gasteiger partial charge in [0.05, 0.1) is 0 Å². The minimum absolute atomic E-state index is 0.0463. The van der Waals surface area contributed by atoms with Gasteiger partial charge in [-0.25, -0.2) is 4.79 Å². The normalized spacial score (nSPS) is 14.3. The van der Waals surface area contributed by atoms with Crippen LogP contribution in [0.2, 0.25) is 0 Å². The minimum atomic E-state index is -1.10. The van der Waals surface area contributed by atoms with E-state index in [-0.39, 0.29) is 18.2 Å². The number of hydrogen-bond acceptors (Lipinski definition) is 3. The number of rotatable bonds is 7. The van der Waals surface area contributed by atoms with Crippen LogP contribution in [0, 0.1) is 5.92 Å². The number of carboxylic acids is 1. The molecule has 2 aromatic rings. The average molecular weight is 352 g/mol. The average Bonchev–Trinajstić information content (AvgIpc) is 3.47. The van der Waals surface area contributed by atoms with Crippen LogP contribution >= 0.6 is 0 Å². The maximum Gasteiger partial charge on any atom is 0.326 e. The standard InChI is InChI=1S/C20H20N2O4/c23-18(14-9-10-14)21-16-8-4-7-15(12-16)19(24)22-17(20(25)26)11-13-5-2-1-3-6-13/h1-8,12,14,17H,9-11H2,(H,21,23)(H,22,24)(H,25,26)/t17-/m1/s1. The molecule has 0 spiro atoms. The maximum absolute atomic E-state index is 12.4. The highest BCUT2D eigenvalue weighted by Crippen LogP contribution is 2.30. The topological polar surface area (TPSA) is 95.5 Å². The summed E-state index contributed by atoms with van der Waals surface area (Å²) in [5.74, 6) is -1.57. The van der Waals surface area contributed by atoms with E-state index in [2.05, 4.69) is 10.6 Å². The molecule has 0 heterocycles. The van der Waals surface area contributed by atoms with E-state index < -0.39 is 17.9 Å². The predicted molar refractivity (Wildman–Crippen MR) is 96.8 cm³/mol. The molecule has 1 saturated carbocycles. The molecule has 1 aliphatic rings. The lowest BCUT2D eigenvalue weighted by Crippen LogP contribution is -2.42. The Balaban J connectivity index is 1.67. The molecule has 0 aliphatic heterocycles. The lowest BCUT2D eigenvalue weighted by molar-refractivity contribution is -0.139. The van der Waals surface area contributed by atoms with Crippen LogP contribution in [0.25, 0.3) is 0 Å². The van der Waals surface area contributed by atoms with Gasteiger partial charge in [-0.3, -0.25) is 9.59 Å². The number of carbonyl (C=O) groups is 3. The van der Waals surface area contributed by atoms with Crippen molar-refractivity contribution in [2.75, 3.05) is 5.32 Å². The van der Waals surface area contributed by atoms with Crippen molar-refractivity contribution in [2.24, 2.45) is 5.92 Å². The summed E-state index contributed by atoms with van der Waals surface area (Å²) in [5, 5.41) is 14.7. The summed E-state index contributed by atoms with van der Waals surface area (Å²) in [6, 6.07) is 14.6. The first kappa shape index (κ1) is 17.7. The number of amides is 2. The molecule has 134 valence electrons. The predicted octanol–water partition coefficient (Wildman–Crippen LogP) is 2.46. The highest BCUT2D eigenvalue weighted by Gasteiger charge is 2.29. The Morgan fingerprint density at radius 1 is 1.04 bits per heavy atom. The van der Waals surface area contributed by atoms with E-state index in [9.17, 15) is 19.5 Å². The molecular formula is C20H20N2O4. The fourth-order valence-electron chi connectivity index (χ4n) is 2.62. The fraction of sp³-hybridized carbons (Fsp3) is 0.250. The highest BCUT2D eigenvalue weighted by atomic mass is 16.4. The Morgan fingerprint density at radius 2 is 1.77 bits per heavy atom. The van der Waals surface area contributed by atoms with E-state index in [1.165, 1.54) is 0 Å². The zero-order valence-electron chi connectivity index (χ0n) is 14.1. The van der Waals surface area contributed by atoms with Crippen LogP contribution < -0.4 is 10.6 Å². The van der Waals surface area contributed by atoms with Gasteiger partial charge in [-0.15, -0.1) is 0 Å². The second kappa shape index (κ2) is 7.82. The third-order valence-corrected chi connectivity index (χ3v) is 4.23. The monoisotopic (exact) mass is 352 g/mol. The number of hydrogen-bond donors (Lipinski definition) is 3. The summed E-state index contributed by atoms with van der Waals surface area (Å²) in [5.41, 5.74) is 1.66. The molecule has 2 aromatic carbocycles. The van der Waals surface area contributed by atoms with Crippen molar-refractivity contribution >= 4 is 23.5 Å². The van der Waals surface area contributed by atoms with Crippen molar-refractivity contribution in [1.29, 1.82) is 0 Å². The summed E-state index contributed by atoms with van der Waals surface area (Å²) in [6.45, 7) is 0. The quantitative estimate of drug-likeness (QED) is 0.713. The molecule has 6 nitrogen and oxygen atoms in total. The Kier molecular flexibility index (Phi) is 5.31. The first-order chi connectivity index (χ1) is 12.5. The lowest BCUT2D eigenvalue weighted by atomic mass is 10.1. The van der Waals surface area contributed by atoms with Gasteiger partial charge in [0.25, 0.3) is 5.91 Å². The Morgan fingerprint density at radius 3 is 2.42 bits per heavy atom. The van der Waals surface area contributed by atoms with Gasteiger partial charge in [-0.1, -0.05) is 36.4 Å². The number of aliphatic carboxylic acids is 1. The first-order valence-corrected chi connectivity index (χ1v) is 8.51. The van der Waals surface area contributed by atoms with Crippen LogP contribution in [0.5, 0.6) is 0 Å². The smallest absolute Gasteiger partial charge is 0.326 e. The van der Waals surface area contributed by atoms with Gasteiger partial charge in [-0.2, -0.15) is 0 Å². The van der Waals surface area contributed by atoms with Gasteiger partial charge in [0.15, 0.2) is 0 Å². The number of carboxylic acid groups (broad SMARTS) is 1. The molecule has 0 unspecified atom stereocenters. The molecule has 1 fully saturated rings. The van der Waals surface area contributed by atoms with Crippen LogP contribution in [-0.2, 0) is 16.0 Å². The Hall–Kier alpha value is -3.15. The summed E-state index contributed by atoms with van der Waals surface area (Å²) in [7, 11) is 0. The molecule has 3 N–H and O–H groups in total. The van der Waals surface area contributed by atoms with Gasteiger partial charge in [0, 0.05) is 23.6 Å². The largest absolute Gasteiger partial charge is 0.480 e. The Labute approximate surface area is 151 Å². The van der Waals surface area contributed by atoms with Gasteiger partial charge < -0.3 is 15.7 Å². The van der Waals surface area contributed by atoms with E-state index >= 15 is 0 Å². The van der Waals surface area contributed by atoms with Gasteiger partial charge >= 0.3 is 5.97 Å². The van der Waals surface area contributed by atoms with E-state index in [0.717, 1.165) is 18.4 Å². The summed E-state index contributed by atoms with van der Waals surface area (Å²) in [6.07, 6.45) is 1.98. The van der Waals surface area contributed by atoms with Crippen molar-refractivity contribution in [2.45, 2.75) is 25.3 Å². The van der Waals surface area contributed by atoms with Crippen molar-refractivity contribution in [3.63, 3.8) is 0 Å². The molecule has 26 heavy (non-hydrogen) atoms. The SMILES string of the molecule is O=C(N[C@H](Cc1ccccc1)C(=O)O)c1cccc(NC(=O)C2CC2)c1. The maximum atomic E-state index is 12.4. The van der Waals surface area contributed by atoms with Gasteiger partial charge in [-0.05, 0) is 36.6 Å². The van der Waals surface area contributed by atoms with Crippen LogP contribution in [-0.4, -0.2) is 28.9 Å². The number of carbonyl (C=O) groups excluding carboxylic acids is 2. The molecule has 3 rings (SSSR count). The summed E-state index contributed by atoms with van der Waals surface area (Å²) >= 11 is 0. The fourth-order valence-corrected chi connectivity index (χ4v) is 2.62. The molecule has 1 aliphatic carbocycles. The van der Waals surface area contributed by atoms with Crippen molar-refractivity contribution in [3.8, 4) is 0 Å². The molecule has 0 bridgehead atoms. The molecule has 0 saturated heterocycles. The van der Waals surface area contributed by atoms with Crippen molar-refractivity contribution in [3.05, 3.63) is 65.7 Å². The number of nitrogens with one attached hydrogen (secondary N) is 2. The molecule has 1 atom stereocenters. The number of benzene rings is 2. The van der Waals surface area contributed by atoms with Crippen molar-refractivity contribution < 1.29 is 19.5 Å². The Bertz CT molecular complexity index is 816. The number of anilines is 1. The van der Waals surface area contributed by atoms with Gasteiger partial charge in [0.1, 0.15) is 6.04 Å². The molecule has 6 heteroatoms. The molecule has 2 amide bonds. The van der Waals surface area contributed by atoms with E-state index in [1.54, 1.807) is 24.3 Å².